The Kier molecular flexibility index (Phi) is 4.99. The van der Waals surface area contributed by atoms with Crippen LogP contribution >= 0.6 is 0 Å². The van der Waals surface area contributed by atoms with Crippen molar-refractivity contribution in [2.75, 3.05) is 13.1 Å². The van der Waals surface area contributed by atoms with Gasteiger partial charge in [-0.2, -0.15) is 0 Å². The molecule has 1 rings (SSSR count). The van der Waals surface area contributed by atoms with Gasteiger partial charge in [-0.25, -0.2) is 9.59 Å². The summed E-state index contributed by atoms with van der Waals surface area (Å²) in [4.78, 5) is 24.6. The first kappa shape index (κ1) is 14.8. The van der Waals surface area contributed by atoms with E-state index in [0.717, 1.165) is 6.42 Å². The highest BCUT2D eigenvalue weighted by Gasteiger charge is 2.39. The third-order valence-electron chi connectivity index (χ3n) is 3.93. The van der Waals surface area contributed by atoms with E-state index in [0.29, 0.717) is 24.9 Å². The van der Waals surface area contributed by atoms with Crippen molar-refractivity contribution in [2.45, 2.75) is 40.2 Å². The molecule has 1 aliphatic rings. The Bertz CT molecular complexity index is 317. The fourth-order valence-corrected chi connectivity index (χ4v) is 2.14. The number of likely N-dealkylation sites (tertiary alicyclic amines) is 1. The van der Waals surface area contributed by atoms with Gasteiger partial charge in [0, 0.05) is 13.1 Å². The predicted octanol–water partition coefficient (Wildman–Crippen LogP) is 1.78. The lowest BCUT2D eigenvalue weighted by Gasteiger charge is -2.25. The van der Waals surface area contributed by atoms with Crippen molar-refractivity contribution in [3.63, 3.8) is 0 Å². The number of carbonyl (C=O) groups excluding carboxylic acids is 1. The molecule has 1 heterocycles. The lowest BCUT2D eigenvalue weighted by atomic mass is 9.98. The van der Waals surface area contributed by atoms with E-state index in [1.807, 2.05) is 6.92 Å². The fourth-order valence-electron chi connectivity index (χ4n) is 2.14. The van der Waals surface area contributed by atoms with E-state index in [4.69, 9.17) is 5.11 Å². The SMILES string of the molecule is CC(C)C(C)CNC(=O)N1CCC(C)C1C(=O)O. The summed E-state index contributed by atoms with van der Waals surface area (Å²) >= 11 is 0. The maximum atomic E-state index is 12.0. The smallest absolute Gasteiger partial charge is 0.326 e. The molecule has 1 aliphatic heterocycles. The van der Waals surface area contributed by atoms with Crippen LogP contribution in [0.2, 0.25) is 0 Å². The van der Waals surface area contributed by atoms with Gasteiger partial charge >= 0.3 is 12.0 Å². The highest BCUT2D eigenvalue weighted by molar-refractivity contribution is 5.83. The minimum Gasteiger partial charge on any atom is -0.480 e. The molecule has 0 saturated carbocycles. The number of hydrogen-bond donors (Lipinski definition) is 2. The minimum atomic E-state index is -0.910. The molecule has 1 fully saturated rings. The van der Waals surface area contributed by atoms with Crippen LogP contribution in [0, 0.1) is 17.8 Å². The van der Waals surface area contributed by atoms with Crippen molar-refractivity contribution in [3.05, 3.63) is 0 Å². The zero-order chi connectivity index (χ0) is 13.9. The van der Waals surface area contributed by atoms with E-state index in [1.54, 1.807) is 0 Å². The molecule has 0 aromatic rings. The zero-order valence-corrected chi connectivity index (χ0v) is 11.6. The van der Waals surface area contributed by atoms with Gasteiger partial charge in [-0.3, -0.25) is 0 Å². The molecule has 3 unspecified atom stereocenters. The number of carbonyl (C=O) groups is 2. The largest absolute Gasteiger partial charge is 0.480 e. The average molecular weight is 256 g/mol. The number of carboxylic acid groups (broad SMARTS) is 1. The molecule has 1 saturated heterocycles. The molecule has 2 amide bonds. The summed E-state index contributed by atoms with van der Waals surface area (Å²) in [6, 6.07) is -0.932. The minimum absolute atomic E-state index is 0.0239. The second-order valence-corrected chi connectivity index (χ2v) is 5.65. The number of rotatable bonds is 4. The summed E-state index contributed by atoms with van der Waals surface area (Å²) in [5.41, 5.74) is 0. The zero-order valence-electron chi connectivity index (χ0n) is 11.6. The van der Waals surface area contributed by atoms with Gasteiger partial charge in [0.1, 0.15) is 6.04 Å². The molecule has 2 N–H and O–H groups in total. The van der Waals surface area contributed by atoms with E-state index >= 15 is 0 Å². The molecule has 3 atom stereocenters. The highest BCUT2D eigenvalue weighted by Crippen LogP contribution is 2.24. The maximum Gasteiger partial charge on any atom is 0.326 e. The van der Waals surface area contributed by atoms with E-state index in [9.17, 15) is 9.59 Å². The van der Waals surface area contributed by atoms with Gasteiger partial charge in [0.2, 0.25) is 0 Å². The Morgan fingerprint density at radius 1 is 1.39 bits per heavy atom. The maximum absolute atomic E-state index is 12.0. The average Bonchev–Trinajstić information content (AvgIpc) is 2.67. The Morgan fingerprint density at radius 3 is 2.50 bits per heavy atom. The van der Waals surface area contributed by atoms with Gasteiger partial charge in [-0.15, -0.1) is 0 Å². The third-order valence-corrected chi connectivity index (χ3v) is 3.93. The Labute approximate surface area is 109 Å². The molecule has 0 bridgehead atoms. The molecule has 0 spiro atoms. The number of hydrogen-bond acceptors (Lipinski definition) is 2. The molecular weight excluding hydrogens is 232 g/mol. The van der Waals surface area contributed by atoms with Crippen molar-refractivity contribution in [1.82, 2.24) is 10.2 Å². The van der Waals surface area contributed by atoms with Crippen LogP contribution < -0.4 is 5.32 Å². The number of carboxylic acids is 1. The van der Waals surface area contributed by atoms with Crippen LogP contribution in [0.25, 0.3) is 0 Å². The van der Waals surface area contributed by atoms with Crippen molar-refractivity contribution in [1.29, 1.82) is 0 Å². The monoisotopic (exact) mass is 256 g/mol. The van der Waals surface area contributed by atoms with E-state index in [-0.39, 0.29) is 11.9 Å². The fraction of sp³-hybridized carbons (Fsp3) is 0.846. The quantitative estimate of drug-likeness (QED) is 0.805. The Balaban J connectivity index is 2.54. The summed E-state index contributed by atoms with van der Waals surface area (Å²) in [6.45, 7) is 9.28. The molecular formula is C13H24N2O3. The van der Waals surface area contributed by atoms with E-state index < -0.39 is 12.0 Å². The van der Waals surface area contributed by atoms with Gasteiger partial charge in [0.25, 0.3) is 0 Å². The number of amides is 2. The van der Waals surface area contributed by atoms with E-state index in [2.05, 4.69) is 26.1 Å². The van der Waals surface area contributed by atoms with Gasteiger partial charge in [-0.05, 0) is 24.2 Å². The highest BCUT2D eigenvalue weighted by atomic mass is 16.4. The van der Waals surface area contributed by atoms with Crippen LogP contribution in [0.1, 0.15) is 34.1 Å². The normalized spacial score (nSPS) is 25.3. The first-order valence-corrected chi connectivity index (χ1v) is 6.61. The summed E-state index contributed by atoms with van der Waals surface area (Å²) < 4.78 is 0. The van der Waals surface area contributed by atoms with Gasteiger partial charge in [0.05, 0.1) is 0 Å². The van der Waals surface area contributed by atoms with Gasteiger partial charge in [-0.1, -0.05) is 27.7 Å². The van der Waals surface area contributed by atoms with Crippen LogP contribution in [0.3, 0.4) is 0 Å². The van der Waals surface area contributed by atoms with Crippen LogP contribution in [0.15, 0.2) is 0 Å². The lowest BCUT2D eigenvalue weighted by Crippen LogP contribution is -2.48. The summed E-state index contributed by atoms with van der Waals surface area (Å²) in [5, 5.41) is 12.0. The first-order valence-electron chi connectivity index (χ1n) is 6.61. The van der Waals surface area contributed by atoms with Crippen molar-refractivity contribution >= 4 is 12.0 Å². The first-order chi connectivity index (χ1) is 8.34. The molecule has 5 nitrogen and oxygen atoms in total. The molecule has 0 aromatic heterocycles. The number of urea groups is 1. The standard InChI is InChI=1S/C13H24N2O3/c1-8(2)10(4)7-14-13(18)15-6-5-9(3)11(15)12(16)17/h8-11H,5-7H2,1-4H3,(H,14,18)(H,16,17). The lowest BCUT2D eigenvalue weighted by molar-refractivity contribution is -0.142. The van der Waals surface area contributed by atoms with Gasteiger partial charge < -0.3 is 15.3 Å². The summed E-state index contributed by atoms with van der Waals surface area (Å²) in [7, 11) is 0. The number of nitrogens with zero attached hydrogens (tertiary/aromatic N) is 1. The van der Waals surface area contributed by atoms with Crippen molar-refractivity contribution in [3.8, 4) is 0 Å². The molecule has 0 aliphatic carbocycles. The molecule has 0 radical (unpaired) electrons. The summed E-state index contributed by atoms with van der Waals surface area (Å²) in [5.74, 6) is -0.00171. The van der Waals surface area contributed by atoms with Gasteiger partial charge in [0.15, 0.2) is 0 Å². The number of aliphatic carboxylic acids is 1. The second-order valence-electron chi connectivity index (χ2n) is 5.65. The Hall–Kier alpha value is -1.26. The Morgan fingerprint density at radius 2 is 2.00 bits per heavy atom. The molecule has 18 heavy (non-hydrogen) atoms. The number of nitrogens with one attached hydrogen (secondary N) is 1. The molecule has 104 valence electrons. The summed E-state index contributed by atoms with van der Waals surface area (Å²) in [6.07, 6.45) is 0.754. The van der Waals surface area contributed by atoms with Crippen LogP contribution in [0.4, 0.5) is 4.79 Å². The van der Waals surface area contributed by atoms with Crippen molar-refractivity contribution in [2.24, 2.45) is 17.8 Å². The topological polar surface area (TPSA) is 69.6 Å². The predicted molar refractivity (Wildman–Crippen MR) is 69.3 cm³/mol. The molecule has 5 heteroatoms. The van der Waals surface area contributed by atoms with Crippen LogP contribution in [0.5, 0.6) is 0 Å². The third kappa shape index (κ3) is 3.37. The van der Waals surface area contributed by atoms with Crippen LogP contribution in [-0.4, -0.2) is 41.1 Å². The molecule has 0 aromatic carbocycles. The van der Waals surface area contributed by atoms with E-state index in [1.165, 1.54) is 4.90 Å². The van der Waals surface area contributed by atoms with Crippen LogP contribution in [-0.2, 0) is 4.79 Å². The van der Waals surface area contributed by atoms with Crippen molar-refractivity contribution < 1.29 is 14.7 Å². The second kappa shape index (κ2) is 6.07.